The van der Waals surface area contributed by atoms with Crippen LogP contribution in [0.5, 0.6) is 0 Å². The Bertz CT molecular complexity index is 193. The summed E-state index contributed by atoms with van der Waals surface area (Å²) >= 11 is 0. The van der Waals surface area contributed by atoms with E-state index in [1.165, 1.54) is 0 Å². The van der Waals surface area contributed by atoms with Crippen LogP contribution in [0.15, 0.2) is 0 Å². The zero-order valence-electron chi connectivity index (χ0n) is 11.9. The van der Waals surface area contributed by atoms with Gasteiger partial charge in [0.15, 0.2) is 0 Å². The molecule has 0 bridgehead atoms. The molecule has 4 nitrogen and oxygen atoms in total. The smallest absolute Gasteiger partial charge is 0.0613 e. The highest BCUT2D eigenvalue weighted by molar-refractivity contribution is 4.84. The highest BCUT2D eigenvalue weighted by Gasteiger charge is 2.24. The third-order valence-corrected chi connectivity index (χ3v) is 4.15. The van der Waals surface area contributed by atoms with E-state index in [4.69, 9.17) is 9.47 Å². The van der Waals surface area contributed by atoms with Crippen molar-refractivity contribution in [2.24, 2.45) is 5.92 Å². The van der Waals surface area contributed by atoms with Crippen molar-refractivity contribution in [3.8, 4) is 0 Å². The van der Waals surface area contributed by atoms with Crippen LogP contribution in [0.3, 0.4) is 0 Å². The van der Waals surface area contributed by atoms with Crippen molar-refractivity contribution >= 4 is 0 Å². The Balaban J connectivity index is 2.06. The van der Waals surface area contributed by atoms with Crippen molar-refractivity contribution in [1.29, 1.82) is 0 Å². The van der Waals surface area contributed by atoms with Crippen molar-refractivity contribution in [2.75, 3.05) is 40.1 Å². The van der Waals surface area contributed by atoms with E-state index >= 15 is 0 Å². The highest BCUT2D eigenvalue weighted by atomic mass is 16.5. The fourth-order valence-electron chi connectivity index (χ4n) is 2.42. The van der Waals surface area contributed by atoms with Gasteiger partial charge in [-0.25, -0.2) is 0 Å². The average Bonchev–Trinajstić information content (AvgIpc) is 2.45. The lowest BCUT2D eigenvalue weighted by Gasteiger charge is -2.30. The molecule has 2 N–H and O–H groups in total. The number of hydrogen-bond donors (Lipinski definition) is 2. The van der Waals surface area contributed by atoms with Crippen LogP contribution in [0.2, 0.25) is 0 Å². The molecule has 0 radical (unpaired) electrons. The van der Waals surface area contributed by atoms with Crippen LogP contribution in [0.4, 0.5) is 0 Å². The standard InChI is InChI=1S/C14H29NO3/c1-3-14(12-16,15-2)7-4-8-18-11-13-5-9-17-10-6-13/h13,15-16H,3-12H2,1-2H3. The first-order valence-corrected chi connectivity index (χ1v) is 7.21. The molecule has 0 aromatic rings. The van der Waals surface area contributed by atoms with Crippen molar-refractivity contribution in [3.63, 3.8) is 0 Å². The Morgan fingerprint density at radius 2 is 2.11 bits per heavy atom. The van der Waals surface area contributed by atoms with Gasteiger partial charge < -0.3 is 19.9 Å². The Labute approximate surface area is 111 Å². The molecular formula is C14H29NO3. The Kier molecular flexibility index (Phi) is 7.82. The number of aliphatic hydroxyl groups is 1. The molecule has 18 heavy (non-hydrogen) atoms. The summed E-state index contributed by atoms with van der Waals surface area (Å²) in [6.45, 7) is 5.73. The lowest BCUT2D eigenvalue weighted by atomic mass is 9.92. The Morgan fingerprint density at radius 3 is 2.67 bits per heavy atom. The summed E-state index contributed by atoms with van der Waals surface area (Å²) < 4.78 is 11.1. The van der Waals surface area contributed by atoms with Gasteiger partial charge in [-0.1, -0.05) is 6.92 Å². The van der Waals surface area contributed by atoms with Gasteiger partial charge in [0.2, 0.25) is 0 Å². The topological polar surface area (TPSA) is 50.7 Å². The second-order valence-electron chi connectivity index (χ2n) is 5.28. The van der Waals surface area contributed by atoms with E-state index in [0.29, 0.717) is 5.92 Å². The summed E-state index contributed by atoms with van der Waals surface area (Å²) in [5.41, 5.74) is -0.123. The molecule has 0 aromatic carbocycles. The molecule has 1 unspecified atom stereocenters. The molecule has 1 fully saturated rings. The van der Waals surface area contributed by atoms with Gasteiger partial charge in [-0.15, -0.1) is 0 Å². The normalized spacial score (nSPS) is 20.8. The minimum Gasteiger partial charge on any atom is -0.394 e. The maximum absolute atomic E-state index is 9.42. The number of ether oxygens (including phenoxy) is 2. The third kappa shape index (κ3) is 5.22. The summed E-state index contributed by atoms with van der Waals surface area (Å²) in [5.74, 6) is 0.678. The summed E-state index contributed by atoms with van der Waals surface area (Å²) in [6.07, 6.45) is 5.17. The Hall–Kier alpha value is -0.160. The van der Waals surface area contributed by atoms with Crippen molar-refractivity contribution in [3.05, 3.63) is 0 Å². The monoisotopic (exact) mass is 259 g/mol. The van der Waals surface area contributed by atoms with Gasteiger partial charge in [0.05, 0.1) is 6.61 Å². The van der Waals surface area contributed by atoms with E-state index in [1.54, 1.807) is 0 Å². The minimum atomic E-state index is -0.123. The number of aliphatic hydroxyl groups excluding tert-OH is 1. The number of nitrogens with one attached hydrogen (secondary N) is 1. The molecule has 1 saturated heterocycles. The second-order valence-corrected chi connectivity index (χ2v) is 5.28. The van der Waals surface area contributed by atoms with Crippen LogP contribution >= 0.6 is 0 Å². The van der Waals surface area contributed by atoms with E-state index in [1.807, 2.05) is 7.05 Å². The second kappa shape index (κ2) is 8.86. The fourth-order valence-corrected chi connectivity index (χ4v) is 2.42. The van der Waals surface area contributed by atoms with Crippen LogP contribution in [0, 0.1) is 5.92 Å². The van der Waals surface area contributed by atoms with E-state index in [2.05, 4.69) is 12.2 Å². The highest BCUT2D eigenvalue weighted by Crippen LogP contribution is 2.17. The molecule has 0 amide bonds. The summed E-state index contributed by atoms with van der Waals surface area (Å²) in [6, 6.07) is 0. The van der Waals surface area contributed by atoms with Crippen molar-refractivity contribution in [2.45, 2.75) is 44.6 Å². The predicted molar refractivity (Wildman–Crippen MR) is 72.8 cm³/mol. The molecule has 108 valence electrons. The number of hydrogen-bond acceptors (Lipinski definition) is 4. The molecular weight excluding hydrogens is 230 g/mol. The molecule has 1 heterocycles. The molecule has 1 atom stereocenters. The first kappa shape index (κ1) is 15.9. The van der Waals surface area contributed by atoms with E-state index in [-0.39, 0.29) is 12.1 Å². The number of likely N-dealkylation sites (N-methyl/N-ethyl adjacent to an activating group) is 1. The lowest BCUT2D eigenvalue weighted by Crippen LogP contribution is -2.46. The fraction of sp³-hybridized carbons (Fsp3) is 1.00. The van der Waals surface area contributed by atoms with Crippen LogP contribution in [0.25, 0.3) is 0 Å². The van der Waals surface area contributed by atoms with Gasteiger partial charge in [0.25, 0.3) is 0 Å². The Morgan fingerprint density at radius 1 is 1.39 bits per heavy atom. The van der Waals surface area contributed by atoms with Crippen LogP contribution in [-0.4, -0.2) is 50.7 Å². The van der Waals surface area contributed by atoms with Crippen LogP contribution in [0.1, 0.15) is 39.0 Å². The van der Waals surface area contributed by atoms with Gasteiger partial charge in [-0.3, -0.25) is 0 Å². The lowest BCUT2D eigenvalue weighted by molar-refractivity contribution is 0.0177. The molecule has 1 rings (SSSR count). The zero-order valence-corrected chi connectivity index (χ0v) is 11.9. The van der Waals surface area contributed by atoms with Crippen LogP contribution < -0.4 is 5.32 Å². The molecule has 4 heteroatoms. The molecule has 0 aromatic heterocycles. The summed E-state index contributed by atoms with van der Waals surface area (Å²) in [4.78, 5) is 0. The zero-order chi connectivity index (χ0) is 13.3. The quantitative estimate of drug-likeness (QED) is 0.617. The van der Waals surface area contributed by atoms with E-state index < -0.39 is 0 Å². The van der Waals surface area contributed by atoms with Gasteiger partial charge in [0.1, 0.15) is 0 Å². The van der Waals surface area contributed by atoms with E-state index in [9.17, 15) is 5.11 Å². The maximum atomic E-state index is 9.42. The molecule has 0 saturated carbocycles. The molecule has 0 spiro atoms. The summed E-state index contributed by atoms with van der Waals surface area (Å²) in [7, 11) is 1.92. The minimum absolute atomic E-state index is 0.123. The molecule has 1 aliphatic heterocycles. The largest absolute Gasteiger partial charge is 0.394 e. The number of rotatable bonds is 9. The first-order chi connectivity index (χ1) is 8.76. The average molecular weight is 259 g/mol. The molecule has 0 aliphatic carbocycles. The van der Waals surface area contributed by atoms with Gasteiger partial charge in [-0.2, -0.15) is 0 Å². The van der Waals surface area contributed by atoms with Gasteiger partial charge in [0, 0.05) is 32.0 Å². The predicted octanol–water partition coefficient (Wildman–Crippen LogP) is 1.57. The van der Waals surface area contributed by atoms with Gasteiger partial charge in [-0.05, 0) is 45.1 Å². The SMILES string of the molecule is CCC(CO)(CCCOCC1CCOCC1)NC. The first-order valence-electron chi connectivity index (χ1n) is 7.21. The summed E-state index contributed by atoms with van der Waals surface area (Å²) in [5, 5.41) is 12.7. The maximum Gasteiger partial charge on any atom is 0.0613 e. The van der Waals surface area contributed by atoms with E-state index in [0.717, 1.165) is 58.5 Å². The van der Waals surface area contributed by atoms with Crippen LogP contribution in [-0.2, 0) is 9.47 Å². The van der Waals surface area contributed by atoms with Gasteiger partial charge >= 0.3 is 0 Å². The molecule has 1 aliphatic rings. The third-order valence-electron chi connectivity index (χ3n) is 4.15. The van der Waals surface area contributed by atoms with Crippen molar-refractivity contribution in [1.82, 2.24) is 5.32 Å². The van der Waals surface area contributed by atoms with Crippen molar-refractivity contribution < 1.29 is 14.6 Å².